The molecule has 1 heterocycles. The van der Waals surface area contributed by atoms with E-state index < -0.39 is 12.0 Å². The maximum absolute atomic E-state index is 13.1. The summed E-state index contributed by atoms with van der Waals surface area (Å²) in [6.45, 7) is 0. The smallest absolute Gasteiger partial charge is 0.328 e. The van der Waals surface area contributed by atoms with Gasteiger partial charge in [0.25, 0.3) is 5.91 Å². The van der Waals surface area contributed by atoms with Crippen molar-refractivity contribution in [3.05, 3.63) is 64.7 Å². The SMILES string of the molecule is O=C1CC(CC(NC(=O)c2ccc(Cl)cc2)C(=O)OC2CCCCC2)c2ccc#cc2N1. The van der Waals surface area contributed by atoms with Gasteiger partial charge in [-0.15, -0.1) is 0 Å². The molecule has 0 saturated heterocycles. The van der Waals surface area contributed by atoms with Crippen LogP contribution in [-0.4, -0.2) is 29.9 Å². The molecule has 2 aromatic rings. The van der Waals surface area contributed by atoms with E-state index in [1.165, 1.54) is 0 Å². The molecule has 1 aliphatic heterocycles. The van der Waals surface area contributed by atoms with Gasteiger partial charge >= 0.3 is 5.97 Å². The Labute approximate surface area is 192 Å². The first-order chi connectivity index (χ1) is 15.5. The van der Waals surface area contributed by atoms with Crippen molar-refractivity contribution < 1.29 is 19.1 Å². The summed E-state index contributed by atoms with van der Waals surface area (Å²) < 4.78 is 5.78. The third-order valence-corrected chi connectivity index (χ3v) is 6.27. The highest BCUT2D eigenvalue weighted by Gasteiger charge is 2.33. The molecule has 2 aromatic carbocycles. The summed E-state index contributed by atoms with van der Waals surface area (Å²) in [5.74, 6) is -1.25. The Bertz CT molecular complexity index is 986. The van der Waals surface area contributed by atoms with Crippen molar-refractivity contribution in [3.8, 4) is 0 Å². The molecule has 0 aromatic heterocycles. The molecule has 1 aliphatic carbocycles. The number of halogens is 1. The van der Waals surface area contributed by atoms with Crippen LogP contribution >= 0.6 is 11.6 Å². The summed E-state index contributed by atoms with van der Waals surface area (Å²) in [4.78, 5) is 38.2. The number of nitrogens with one attached hydrogen (secondary N) is 2. The average molecular weight is 453 g/mol. The van der Waals surface area contributed by atoms with Crippen LogP contribution in [0.15, 0.2) is 36.4 Å². The van der Waals surface area contributed by atoms with Crippen molar-refractivity contribution in [2.24, 2.45) is 0 Å². The van der Waals surface area contributed by atoms with Crippen LogP contribution in [0, 0.1) is 12.1 Å². The van der Waals surface area contributed by atoms with Gasteiger partial charge in [-0.05, 0) is 86.1 Å². The van der Waals surface area contributed by atoms with Crippen LogP contribution < -0.4 is 10.6 Å². The molecule has 166 valence electrons. The lowest BCUT2D eigenvalue weighted by Crippen LogP contribution is -2.44. The van der Waals surface area contributed by atoms with Crippen LogP contribution in [0.3, 0.4) is 0 Å². The maximum atomic E-state index is 13.1. The molecule has 32 heavy (non-hydrogen) atoms. The highest BCUT2D eigenvalue weighted by Crippen LogP contribution is 2.34. The van der Waals surface area contributed by atoms with Gasteiger partial charge < -0.3 is 15.4 Å². The Kier molecular flexibility index (Phi) is 6.96. The molecule has 0 radical (unpaired) electrons. The number of esters is 1. The van der Waals surface area contributed by atoms with E-state index in [1.807, 2.05) is 6.07 Å². The van der Waals surface area contributed by atoms with Gasteiger partial charge in [-0.25, -0.2) is 4.79 Å². The van der Waals surface area contributed by atoms with E-state index in [0.717, 1.165) is 37.7 Å². The summed E-state index contributed by atoms with van der Waals surface area (Å²) in [5, 5.41) is 6.14. The minimum atomic E-state index is -0.881. The van der Waals surface area contributed by atoms with Gasteiger partial charge in [0.2, 0.25) is 5.91 Å². The van der Waals surface area contributed by atoms with Crippen molar-refractivity contribution in [1.82, 2.24) is 5.32 Å². The molecular formula is C25H25ClN2O4. The van der Waals surface area contributed by atoms with E-state index in [4.69, 9.17) is 16.3 Å². The van der Waals surface area contributed by atoms with Crippen molar-refractivity contribution in [2.75, 3.05) is 5.32 Å². The van der Waals surface area contributed by atoms with Gasteiger partial charge in [-0.3, -0.25) is 9.59 Å². The van der Waals surface area contributed by atoms with Crippen LogP contribution in [0.25, 0.3) is 0 Å². The number of benzene rings is 1. The summed E-state index contributed by atoms with van der Waals surface area (Å²) >= 11 is 5.92. The number of carbonyl (C=O) groups excluding carboxylic acids is 3. The number of rotatable bonds is 6. The first kappa shape index (κ1) is 22.2. The largest absolute Gasteiger partial charge is 0.461 e. The lowest BCUT2D eigenvalue weighted by molar-refractivity contribution is -0.153. The van der Waals surface area contributed by atoms with E-state index in [2.05, 4.69) is 22.8 Å². The molecule has 6 nitrogen and oxygen atoms in total. The first-order valence-electron chi connectivity index (χ1n) is 11.0. The zero-order valence-electron chi connectivity index (χ0n) is 17.7. The Morgan fingerprint density at radius 1 is 1.16 bits per heavy atom. The normalized spacial score (nSPS) is 19.2. The number of hydrogen-bond donors (Lipinski definition) is 2. The molecule has 2 unspecified atom stereocenters. The zero-order chi connectivity index (χ0) is 22.5. The minimum Gasteiger partial charge on any atom is -0.461 e. The summed E-state index contributed by atoms with van der Waals surface area (Å²) in [5.41, 5.74) is 1.84. The third kappa shape index (κ3) is 5.41. The summed E-state index contributed by atoms with van der Waals surface area (Å²) in [7, 11) is 0. The predicted octanol–water partition coefficient (Wildman–Crippen LogP) is 4.43. The predicted molar refractivity (Wildman–Crippen MR) is 120 cm³/mol. The standard InChI is InChI=1S/C25H25ClN2O4/c26-18-12-10-16(11-13-18)24(30)28-22(25(31)32-19-6-2-1-3-7-19)14-17-15-23(29)27-21-9-5-4-8-20(17)21/h4,8,10-13,17,19,22H,1-3,6-7,14-15H2,(H,27,29)(H,28,30). The van der Waals surface area contributed by atoms with Crippen molar-refractivity contribution in [1.29, 1.82) is 0 Å². The molecule has 7 heteroatoms. The second-order valence-electron chi connectivity index (χ2n) is 8.35. The topological polar surface area (TPSA) is 84.5 Å². The van der Waals surface area contributed by atoms with Crippen molar-refractivity contribution in [2.45, 2.75) is 63.0 Å². The molecule has 1 saturated carbocycles. The van der Waals surface area contributed by atoms with Crippen LogP contribution in [0.1, 0.15) is 66.8 Å². The molecule has 2 amide bonds. The summed E-state index contributed by atoms with van der Waals surface area (Å²) in [6.07, 6.45) is 5.22. The quantitative estimate of drug-likeness (QED) is 0.635. The molecule has 0 bridgehead atoms. The number of fused-ring (bicyclic) bond motifs is 1. The van der Waals surface area contributed by atoms with E-state index in [9.17, 15) is 14.4 Å². The number of anilines is 1. The first-order valence-corrected chi connectivity index (χ1v) is 11.4. The molecule has 2 N–H and O–H groups in total. The van der Waals surface area contributed by atoms with E-state index in [1.54, 1.807) is 30.3 Å². The minimum absolute atomic E-state index is 0.129. The Morgan fingerprint density at radius 2 is 1.91 bits per heavy atom. The van der Waals surface area contributed by atoms with Crippen LogP contribution in [0.2, 0.25) is 5.02 Å². The van der Waals surface area contributed by atoms with Crippen LogP contribution in [0.4, 0.5) is 5.69 Å². The molecule has 0 spiro atoms. The van der Waals surface area contributed by atoms with Gasteiger partial charge in [0.15, 0.2) is 0 Å². The second kappa shape index (κ2) is 10.1. The molecule has 4 rings (SSSR count). The highest BCUT2D eigenvalue weighted by atomic mass is 35.5. The van der Waals surface area contributed by atoms with E-state index in [0.29, 0.717) is 16.3 Å². The third-order valence-electron chi connectivity index (χ3n) is 6.02. The Morgan fingerprint density at radius 3 is 2.66 bits per heavy atom. The van der Waals surface area contributed by atoms with Gasteiger partial charge in [0.05, 0.1) is 5.69 Å². The molecule has 2 aliphatic rings. The van der Waals surface area contributed by atoms with Crippen molar-refractivity contribution in [3.63, 3.8) is 0 Å². The van der Waals surface area contributed by atoms with Gasteiger partial charge in [0.1, 0.15) is 12.1 Å². The Hall–Kier alpha value is -3.04. The number of ether oxygens (including phenoxy) is 1. The van der Waals surface area contributed by atoms with E-state index >= 15 is 0 Å². The molecule has 1 fully saturated rings. The number of carbonyl (C=O) groups is 3. The van der Waals surface area contributed by atoms with Crippen LogP contribution in [-0.2, 0) is 14.3 Å². The number of amides is 2. The fourth-order valence-corrected chi connectivity index (χ4v) is 4.48. The lowest BCUT2D eigenvalue weighted by Gasteiger charge is -2.29. The van der Waals surface area contributed by atoms with Crippen molar-refractivity contribution >= 4 is 35.1 Å². The average Bonchev–Trinajstić information content (AvgIpc) is 2.79. The molecule has 2 atom stereocenters. The maximum Gasteiger partial charge on any atom is 0.328 e. The second-order valence-corrected chi connectivity index (χ2v) is 8.78. The fourth-order valence-electron chi connectivity index (χ4n) is 4.35. The van der Waals surface area contributed by atoms with Crippen LogP contribution in [0.5, 0.6) is 0 Å². The number of hydrogen-bond acceptors (Lipinski definition) is 4. The van der Waals surface area contributed by atoms with Gasteiger partial charge in [-0.1, -0.05) is 24.1 Å². The molecular weight excluding hydrogens is 428 g/mol. The van der Waals surface area contributed by atoms with Gasteiger partial charge in [0, 0.05) is 17.0 Å². The monoisotopic (exact) mass is 452 g/mol. The zero-order valence-corrected chi connectivity index (χ0v) is 18.4. The highest BCUT2D eigenvalue weighted by molar-refractivity contribution is 6.30. The Balaban J connectivity index is 1.54. The van der Waals surface area contributed by atoms with Gasteiger partial charge in [-0.2, -0.15) is 0 Å². The fraction of sp³-hybridized carbons (Fsp3) is 0.400. The lowest BCUT2D eigenvalue weighted by atomic mass is 9.86. The summed E-state index contributed by atoms with van der Waals surface area (Å²) in [6, 6.07) is 14.9. The van der Waals surface area contributed by atoms with E-state index in [-0.39, 0.29) is 36.7 Å².